The highest BCUT2D eigenvalue weighted by atomic mass is 16.1. The van der Waals surface area contributed by atoms with E-state index in [4.69, 9.17) is 0 Å². The van der Waals surface area contributed by atoms with E-state index in [1.165, 1.54) is 11.1 Å². The third-order valence-electron chi connectivity index (χ3n) is 4.34. The summed E-state index contributed by atoms with van der Waals surface area (Å²) in [6, 6.07) is 17.6. The van der Waals surface area contributed by atoms with Gasteiger partial charge in [0.2, 0.25) is 0 Å². The second kappa shape index (κ2) is 6.73. The molecule has 4 rings (SSSR count). The monoisotopic (exact) mass is 330 g/mol. The van der Waals surface area contributed by atoms with E-state index in [0.717, 1.165) is 25.3 Å². The normalized spacial score (nSPS) is 13.2. The van der Waals surface area contributed by atoms with Gasteiger partial charge in [0, 0.05) is 19.3 Å². The second-order valence-corrected chi connectivity index (χ2v) is 6.02. The minimum atomic E-state index is -0.229. The molecular weight excluding hydrogens is 312 g/mol. The number of hydrogen-bond acceptors (Lipinski definition) is 4. The topological polar surface area (TPSA) is 58.1 Å². The van der Waals surface area contributed by atoms with Gasteiger partial charge in [0.1, 0.15) is 11.5 Å². The van der Waals surface area contributed by atoms with Crippen LogP contribution in [0.2, 0.25) is 0 Å². The third-order valence-corrected chi connectivity index (χ3v) is 4.34. The van der Waals surface area contributed by atoms with Crippen LogP contribution in [0.3, 0.4) is 0 Å². The highest BCUT2D eigenvalue weighted by Crippen LogP contribution is 2.23. The highest BCUT2D eigenvalue weighted by Gasteiger charge is 2.18. The Balaban J connectivity index is 1.53. The molecule has 3 heterocycles. The van der Waals surface area contributed by atoms with E-state index in [1.807, 2.05) is 12.1 Å². The molecule has 5 heteroatoms. The van der Waals surface area contributed by atoms with E-state index in [2.05, 4.69) is 44.5 Å². The molecule has 1 amide bonds. The van der Waals surface area contributed by atoms with E-state index >= 15 is 0 Å². The Bertz CT molecular complexity index is 895. The molecule has 3 aromatic rings. The molecule has 0 unspecified atom stereocenters. The van der Waals surface area contributed by atoms with Gasteiger partial charge in [-0.15, -0.1) is 0 Å². The van der Waals surface area contributed by atoms with Gasteiger partial charge in [-0.05, 0) is 41.8 Å². The van der Waals surface area contributed by atoms with Crippen LogP contribution in [0.5, 0.6) is 0 Å². The summed E-state index contributed by atoms with van der Waals surface area (Å²) in [4.78, 5) is 23.2. The fraction of sp³-hybridized carbons (Fsp3) is 0.150. The van der Waals surface area contributed by atoms with Crippen LogP contribution in [0.1, 0.15) is 21.6 Å². The zero-order valence-corrected chi connectivity index (χ0v) is 13.7. The predicted octanol–water partition coefficient (Wildman–Crippen LogP) is 3.29. The van der Waals surface area contributed by atoms with Gasteiger partial charge in [0.15, 0.2) is 0 Å². The lowest BCUT2D eigenvalue weighted by molar-refractivity contribution is 0.102. The van der Waals surface area contributed by atoms with E-state index in [0.29, 0.717) is 11.4 Å². The third kappa shape index (κ3) is 3.35. The van der Waals surface area contributed by atoms with Crippen LogP contribution < -0.4 is 10.2 Å². The second-order valence-electron chi connectivity index (χ2n) is 6.02. The number of rotatable bonds is 3. The Morgan fingerprint density at radius 1 is 1.00 bits per heavy atom. The van der Waals surface area contributed by atoms with E-state index in [9.17, 15) is 4.79 Å². The maximum atomic E-state index is 12.4. The van der Waals surface area contributed by atoms with Gasteiger partial charge in [-0.1, -0.05) is 30.3 Å². The lowest BCUT2D eigenvalue weighted by Crippen LogP contribution is -2.31. The zero-order chi connectivity index (χ0) is 17.1. The Kier molecular flexibility index (Phi) is 4.12. The molecule has 2 aromatic heterocycles. The van der Waals surface area contributed by atoms with Gasteiger partial charge in [-0.3, -0.25) is 9.78 Å². The molecule has 0 saturated carbocycles. The summed E-state index contributed by atoms with van der Waals surface area (Å²) in [6.07, 6.45) is 4.27. The summed E-state index contributed by atoms with van der Waals surface area (Å²) < 4.78 is 0. The maximum absolute atomic E-state index is 12.4. The maximum Gasteiger partial charge on any atom is 0.274 e. The fourth-order valence-corrected chi connectivity index (χ4v) is 3.05. The quantitative estimate of drug-likeness (QED) is 0.800. The Hall–Kier alpha value is -3.21. The average Bonchev–Trinajstić information content (AvgIpc) is 2.68. The van der Waals surface area contributed by atoms with Crippen molar-refractivity contribution < 1.29 is 4.79 Å². The first kappa shape index (κ1) is 15.3. The number of nitrogens with zero attached hydrogens (tertiary/aromatic N) is 3. The Morgan fingerprint density at radius 3 is 2.72 bits per heavy atom. The van der Waals surface area contributed by atoms with E-state index in [-0.39, 0.29) is 5.91 Å². The molecule has 0 atom stereocenters. The molecule has 25 heavy (non-hydrogen) atoms. The number of nitrogens with one attached hydrogen (secondary N) is 1. The Morgan fingerprint density at radius 2 is 1.88 bits per heavy atom. The van der Waals surface area contributed by atoms with Gasteiger partial charge in [-0.2, -0.15) is 0 Å². The summed E-state index contributed by atoms with van der Waals surface area (Å²) in [7, 11) is 0. The molecule has 0 aliphatic carbocycles. The molecule has 124 valence electrons. The Labute approximate surface area is 146 Å². The fourth-order valence-electron chi connectivity index (χ4n) is 3.05. The lowest BCUT2D eigenvalue weighted by Gasteiger charge is -2.29. The molecular formula is C20H18N4O. The number of anilines is 2. The van der Waals surface area contributed by atoms with Crippen LogP contribution in [0.15, 0.2) is 67.0 Å². The van der Waals surface area contributed by atoms with E-state index in [1.54, 1.807) is 30.6 Å². The van der Waals surface area contributed by atoms with Crippen LogP contribution in [-0.2, 0) is 13.0 Å². The molecule has 0 fully saturated rings. The number of hydrogen-bond donors (Lipinski definition) is 1. The van der Waals surface area contributed by atoms with Crippen molar-refractivity contribution in [3.63, 3.8) is 0 Å². The van der Waals surface area contributed by atoms with Crippen molar-refractivity contribution >= 4 is 17.4 Å². The predicted molar refractivity (Wildman–Crippen MR) is 97.6 cm³/mol. The number of carbonyl (C=O) groups excluding carboxylic acids is 1. The summed E-state index contributed by atoms with van der Waals surface area (Å²) in [5.41, 5.74) is 3.77. The number of pyridine rings is 2. The lowest BCUT2D eigenvalue weighted by atomic mass is 10.00. The largest absolute Gasteiger partial charge is 0.352 e. The number of fused-ring (bicyclic) bond motifs is 1. The first-order chi connectivity index (χ1) is 12.3. The van der Waals surface area contributed by atoms with Crippen LogP contribution in [0.4, 0.5) is 11.5 Å². The molecule has 1 aromatic carbocycles. The zero-order valence-electron chi connectivity index (χ0n) is 13.7. The minimum Gasteiger partial charge on any atom is -0.352 e. The van der Waals surface area contributed by atoms with Crippen molar-refractivity contribution in [3.8, 4) is 0 Å². The molecule has 5 nitrogen and oxygen atoms in total. The first-order valence-electron chi connectivity index (χ1n) is 8.30. The smallest absolute Gasteiger partial charge is 0.274 e. The molecule has 0 spiro atoms. The SMILES string of the molecule is O=C(Nc1cccnc1)c1cccc(N2CCc3ccccc3C2)n1. The van der Waals surface area contributed by atoms with Crippen molar-refractivity contribution in [1.82, 2.24) is 9.97 Å². The molecule has 1 aliphatic rings. The van der Waals surface area contributed by atoms with Gasteiger partial charge >= 0.3 is 0 Å². The van der Waals surface area contributed by atoms with Crippen molar-refractivity contribution in [2.75, 3.05) is 16.8 Å². The summed E-state index contributed by atoms with van der Waals surface area (Å²) >= 11 is 0. The van der Waals surface area contributed by atoms with E-state index < -0.39 is 0 Å². The number of amides is 1. The van der Waals surface area contributed by atoms with Crippen LogP contribution in [0.25, 0.3) is 0 Å². The molecule has 0 saturated heterocycles. The molecule has 1 aliphatic heterocycles. The van der Waals surface area contributed by atoms with Crippen molar-refractivity contribution in [3.05, 3.63) is 83.8 Å². The number of aromatic nitrogens is 2. The van der Waals surface area contributed by atoms with Crippen LogP contribution in [0, 0.1) is 0 Å². The van der Waals surface area contributed by atoms with Gasteiger partial charge in [-0.25, -0.2) is 4.98 Å². The number of benzene rings is 1. The summed E-state index contributed by atoms with van der Waals surface area (Å²) in [6.45, 7) is 1.72. The van der Waals surface area contributed by atoms with Gasteiger partial charge in [0.05, 0.1) is 11.9 Å². The van der Waals surface area contributed by atoms with Crippen molar-refractivity contribution in [2.45, 2.75) is 13.0 Å². The molecule has 1 N–H and O–H groups in total. The number of carbonyl (C=O) groups is 1. The first-order valence-corrected chi connectivity index (χ1v) is 8.30. The average molecular weight is 330 g/mol. The highest BCUT2D eigenvalue weighted by molar-refractivity contribution is 6.02. The van der Waals surface area contributed by atoms with Gasteiger partial charge in [0.25, 0.3) is 5.91 Å². The molecule has 0 radical (unpaired) electrons. The van der Waals surface area contributed by atoms with Crippen LogP contribution >= 0.6 is 0 Å². The summed E-state index contributed by atoms with van der Waals surface area (Å²) in [5, 5.41) is 2.82. The van der Waals surface area contributed by atoms with Crippen molar-refractivity contribution in [1.29, 1.82) is 0 Å². The van der Waals surface area contributed by atoms with Crippen molar-refractivity contribution in [2.24, 2.45) is 0 Å². The summed E-state index contributed by atoms with van der Waals surface area (Å²) in [5.74, 6) is 0.598. The molecule has 0 bridgehead atoms. The van der Waals surface area contributed by atoms with Crippen LogP contribution in [-0.4, -0.2) is 22.4 Å². The standard InChI is InChI=1S/C20H18N4O/c25-20(22-17-7-4-11-21-13-17)18-8-3-9-19(23-18)24-12-10-15-5-1-2-6-16(15)14-24/h1-9,11,13H,10,12,14H2,(H,22,25). The van der Waals surface area contributed by atoms with Gasteiger partial charge < -0.3 is 10.2 Å². The minimum absolute atomic E-state index is 0.229.